The van der Waals surface area contributed by atoms with Gasteiger partial charge in [-0.1, -0.05) is 12.1 Å². The smallest absolute Gasteiger partial charge is 0.339 e. The summed E-state index contributed by atoms with van der Waals surface area (Å²) >= 11 is 1.69. The summed E-state index contributed by atoms with van der Waals surface area (Å²) in [5.41, 5.74) is 2.54. The van der Waals surface area contributed by atoms with Crippen LogP contribution in [0.4, 0.5) is 5.69 Å². The Labute approximate surface area is 127 Å². The Kier molecular flexibility index (Phi) is 3.92. The van der Waals surface area contributed by atoms with E-state index in [9.17, 15) is 4.79 Å². The lowest BCUT2D eigenvalue weighted by atomic mass is 10.1. The van der Waals surface area contributed by atoms with Crippen molar-refractivity contribution < 1.29 is 9.53 Å². The molecule has 0 spiro atoms. The third kappa shape index (κ3) is 2.64. The molecule has 2 aromatic rings. The molecule has 5 heteroatoms. The van der Waals surface area contributed by atoms with Crippen LogP contribution in [0.2, 0.25) is 0 Å². The molecule has 0 aliphatic carbocycles. The highest BCUT2D eigenvalue weighted by Crippen LogP contribution is 2.42. The zero-order valence-corrected chi connectivity index (χ0v) is 12.3. The molecule has 0 bridgehead atoms. The summed E-state index contributed by atoms with van der Waals surface area (Å²) in [6.45, 7) is 0. The van der Waals surface area contributed by atoms with Gasteiger partial charge in [0, 0.05) is 18.6 Å². The van der Waals surface area contributed by atoms with Gasteiger partial charge in [0.25, 0.3) is 0 Å². The van der Waals surface area contributed by atoms with Crippen molar-refractivity contribution in [2.75, 3.05) is 12.0 Å². The molecule has 0 amide bonds. The molecule has 1 aliphatic heterocycles. The van der Waals surface area contributed by atoms with Crippen molar-refractivity contribution in [1.82, 2.24) is 4.98 Å². The molecule has 3 rings (SSSR count). The number of hydrogen-bond donors (Lipinski definition) is 0. The first-order valence-electron chi connectivity index (χ1n) is 6.49. The summed E-state index contributed by atoms with van der Waals surface area (Å²) in [4.78, 5) is 18.1. The second-order valence-electron chi connectivity index (χ2n) is 4.47. The first-order valence-corrected chi connectivity index (χ1v) is 7.43. The standard InChI is InChI=1S/C16H14N2O2S/c1-20-16(19)13-4-2-3-5-14(13)18-10-11-21-15(18)12-6-8-17-9-7-12/h2-11,15H,1H3. The first kappa shape index (κ1) is 13.7. The molecule has 4 nitrogen and oxygen atoms in total. The molecule has 0 radical (unpaired) electrons. The number of hydrogen-bond acceptors (Lipinski definition) is 5. The highest BCUT2D eigenvalue weighted by atomic mass is 32.2. The zero-order chi connectivity index (χ0) is 14.7. The van der Waals surface area contributed by atoms with Gasteiger partial charge in [-0.05, 0) is 35.2 Å². The lowest BCUT2D eigenvalue weighted by Crippen LogP contribution is -2.20. The second kappa shape index (κ2) is 6.01. The maximum atomic E-state index is 11.9. The molecule has 0 N–H and O–H groups in total. The number of aromatic nitrogens is 1. The summed E-state index contributed by atoms with van der Waals surface area (Å²) in [6.07, 6.45) is 5.54. The fraction of sp³-hybridized carbons (Fsp3) is 0.125. The number of ether oxygens (including phenoxy) is 1. The number of carbonyl (C=O) groups excluding carboxylic acids is 1. The van der Waals surface area contributed by atoms with Crippen molar-refractivity contribution in [3.63, 3.8) is 0 Å². The lowest BCUT2D eigenvalue weighted by molar-refractivity contribution is 0.0601. The van der Waals surface area contributed by atoms with Gasteiger partial charge in [-0.25, -0.2) is 4.79 Å². The third-order valence-corrected chi connectivity index (χ3v) is 4.30. The van der Waals surface area contributed by atoms with Crippen molar-refractivity contribution in [2.24, 2.45) is 0 Å². The Balaban J connectivity index is 2.00. The van der Waals surface area contributed by atoms with Gasteiger partial charge in [-0.3, -0.25) is 4.98 Å². The number of para-hydroxylation sites is 1. The van der Waals surface area contributed by atoms with Gasteiger partial charge in [0.2, 0.25) is 0 Å². The van der Waals surface area contributed by atoms with E-state index in [0.717, 1.165) is 11.3 Å². The van der Waals surface area contributed by atoms with Gasteiger partial charge in [0.1, 0.15) is 5.37 Å². The van der Waals surface area contributed by atoms with Gasteiger partial charge in [0.05, 0.1) is 18.4 Å². The Morgan fingerprint density at radius 1 is 1.24 bits per heavy atom. The SMILES string of the molecule is COC(=O)c1ccccc1N1C=CSC1c1ccncc1. The maximum Gasteiger partial charge on any atom is 0.339 e. The summed E-state index contributed by atoms with van der Waals surface area (Å²) < 4.78 is 4.87. The van der Waals surface area contributed by atoms with E-state index in [4.69, 9.17) is 4.74 Å². The predicted octanol–water partition coefficient (Wildman–Crippen LogP) is 3.59. The van der Waals surface area contributed by atoms with E-state index in [2.05, 4.69) is 9.88 Å². The number of nitrogens with zero attached hydrogens (tertiary/aromatic N) is 2. The van der Waals surface area contributed by atoms with Crippen molar-refractivity contribution in [3.8, 4) is 0 Å². The van der Waals surface area contributed by atoms with Crippen molar-refractivity contribution in [3.05, 3.63) is 71.5 Å². The van der Waals surface area contributed by atoms with Crippen molar-refractivity contribution >= 4 is 23.4 Å². The van der Waals surface area contributed by atoms with E-state index >= 15 is 0 Å². The molecule has 0 fully saturated rings. The Morgan fingerprint density at radius 2 is 2.00 bits per heavy atom. The number of carbonyl (C=O) groups is 1. The molecular formula is C16H14N2O2S. The van der Waals surface area contributed by atoms with Crippen LogP contribution in [0.3, 0.4) is 0 Å². The van der Waals surface area contributed by atoms with Gasteiger partial charge in [0.15, 0.2) is 0 Å². The Morgan fingerprint density at radius 3 is 2.76 bits per heavy atom. The lowest BCUT2D eigenvalue weighted by Gasteiger charge is -2.26. The molecule has 0 saturated heterocycles. The number of rotatable bonds is 3. The van der Waals surface area contributed by atoms with E-state index in [1.807, 2.05) is 41.9 Å². The van der Waals surface area contributed by atoms with E-state index < -0.39 is 0 Å². The normalized spacial score (nSPS) is 17.0. The van der Waals surface area contributed by atoms with E-state index in [-0.39, 0.29) is 11.3 Å². The molecular weight excluding hydrogens is 284 g/mol. The quantitative estimate of drug-likeness (QED) is 0.810. The molecule has 21 heavy (non-hydrogen) atoms. The fourth-order valence-electron chi connectivity index (χ4n) is 2.27. The van der Waals surface area contributed by atoms with Gasteiger partial charge >= 0.3 is 5.97 Å². The number of pyridine rings is 1. The fourth-order valence-corrected chi connectivity index (χ4v) is 3.25. The van der Waals surface area contributed by atoms with Gasteiger partial charge in [-0.2, -0.15) is 0 Å². The van der Waals surface area contributed by atoms with Gasteiger partial charge in [-0.15, -0.1) is 11.8 Å². The number of anilines is 1. The molecule has 1 atom stereocenters. The second-order valence-corrected chi connectivity index (χ2v) is 5.46. The summed E-state index contributed by atoms with van der Waals surface area (Å²) in [5.74, 6) is -0.329. The number of thioether (sulfide) groups is 1. The van der Waals surface area contributed by atoms with Gasteiger partial charge < -0.3 is 9.64 Å². The molecule has 1 unspecified atom stereocenters. The average molecular weight is 298 g/mol. The average Bonchev–Trinajstić information content (AvgIpc) is 3.04. The highest BCUT2D eigenvalue weighted by molar-refractivity contribution is 8.02. The van der Waals surface area contributed by atoms with E-state index in [0.29, 0.717) is 5.56 Å². The largest absolute Gasteiger partial charge is 0.465 e. The van der Waals surface area contributed by atoms with Crippen LogP contribution >= 0.6 is 11.8 Å². The highest BCUT2D eigenvalue weighted by Gasteiger charge is 2.26. The summed E-state index contributed by atoms with van der Waals surface area (Å²) in [5, 5.41) is 2.12. The zero-order valence-electron chi connectivity index (χ0n) is 11.5. The van der Waals surface area contributed by atoms with Crippen LogP contribution in [0.5, 0.6) is 0 Å². The van der Waals surface area contributed by atoms with Crippen LogP contribution in [0.15, 0.2) is 60.4 Å². The van der Waals surface area contributed by atoms with Crippen molar-refractivity contribution in [1.29, 1.82) is 0 Å². The minimum absolute atomic E-state index is 0.0961. The minimum Gasteiger partial charge on any atom is -0.465 e. The number of benzene rings is 1. The predicted molar refractivity (Wildman–Crippen MR) is 84.0 cm³/mol. The molecule has 2 heterocycles. The Bertz CT molecular complexity index is 673. The van der Waals surface area contributed by atoms with Crippen LogP contribution in [0.25, 0.3) is 0 Å². The maximum absolute atomic E-state index is 11.9. The minimum atomic E-state index is -0.329. The Hall–Kier alpha value is -2.27. The summed E-state index contributed by atoms with van der Waals surface area (Å²) in [7, 11) is 1.40. The first-order chi connectivity index (χ1) is 10.3. The van der Waals surface area contributed by atoms with Crippen LogP contribution in [0, 0.1) is 0 Å². The molecule has 1 aliphatic rings. The molecule has 106 valence electrons. The van der Waals surface area contributed by atoms with E-state index in [1.165, 1.54) is 7.11 Å². The van der Waals surface area contributed by atoms with Crippen molar-refractivity contribution in [2.45, 2.75) is 5.37 Å². The van der Waals surface area contributed by atoms with Crippen LogP contribution in [-0.2, 0) is 4.74 Å². The number of methoxy groups -OCH3 is 1. The monoisotopic (exact) mass is 298 g/mol. The number of esters is 1. The van der Waals surface area contributed by atoms with Crippen LogP contribution in [-0.4, -0.2) is 18.1 Å². The topological polar surface area (TPSA) is 42.4 Å². The molecule has 1 aromatic heterocycles. The van der Waals surface area contributed by atoms with E-state index in [1.54, 1.807) is 30.2 Å². The van der Waals surface area contributed by atoms with Crippen LogP contribution < -0.4 is 4.90 Å². The third-order valence-electron chi connectivity index (χ3n) is 3.26. The van der Waals surface area contributed by atoms with Crippen LogP contribution in [0.1, 0.15) is 21.3 Å². The molecule has 0 saturated carbocycles. The molecule has 1 aromatic carbocycles. The summed E-state index contributed by atoms with van der Waals surface area (Å²) in [6, 6.07) is 11.4.